The monoisotopic (exact) mass is 260 g/mol. The van der Waals surface area contributed by atoms with Crippen molar-refractivity contribution < 1.29 is 17.6 Å². The number of alkyl halides is 5. The Balaban J connectivity index is 4.02. The molecule has 0 saturated carbocycles. The molecule has 50 valence electrons. The molecule has 0 saturated heterocycles. The summed E-state index contributed by atoms with van der Waals surface area (Å²) in [6.45, 7) is 0. The molecule has 0 rings (SSSR count). The molecule has 0 N–H and O–H groups in total. The van der Waals surface area contributed by atoms with Crippen LogP contribution in [-0.4, -0.2) is 9.18 Å². The summed E-state index contributed by atoms with van der Waals surface area (Å²) in [5.41, 5.74) is 0. The molecule has 0 aliphatic heterocycles. The van der Waals surface area contributed by atoms with Crippen LogP contribution in [0.3, 0.4) is 0 Å². The summed E-state index contributed by atoms with van der Waals surface area (Å²) in [4.78, 5) is 0. The van der Waals surface area contributed by atoms with Gasteiger partial charge in [-0.05, 0) is 22.6 Å². The van der Waals surface area contributed by atoms with E-state index in [0.717, 1.165) is 0 Å². The first kappa shape index (κ1) is 8.80. The molecule has 0 spiro atoms. The van der Waals surface area contributed by atoms with E-state index in [1.807, 2.05) is 0 Å². The predicted molar refractivity (Wildman–Crippen MR) is 32.9 cm³/mol. The van der Waals surface area contributed by atoms with Crippen molar-refractivity contribution in [2.75, 3.05) is 0 Å². The highest BCUT2D eigenvalue weighted by molar-refractivity contribution is 14.1. The smallest absolute Gasteiger partial charge is 0.210 e. The maximum atomic E-state index is 11.6. The van der Waals surface area contributed by atoms with Gasteiger partial charge in [-0.25, -0.2) is 4.39 Å². The van der Waals surface area contributed by atoms with Crippen LogP contribution < -0.4 is 0 Å². The van der Waals surface area contributed by atoms with E-state index in [9.17, 15) is 17.6 Å². The molecule has 1 atom stereocenters. The summed E-state index contributed by atoms with van der Waals surface area (Å²) in [5.74, 6) is 0. The first-order valence-electron chi connectivity index (χ1n) is 1.42. The summed E-state index contributed by atoms with van der Waals surface area (Å²) in [6.07, 6.45) is -4.88. The van der Waals surface area contributed by atoms with E-state index in [1.54, 1.807) is 0 Å². The molecule has 0 amide bonds. The highest BCUT2D eigenvalue weighted by Gasteiger charge is 2.51. The molecule has 0 aromatic heterocycles. The van der Waals surface area contributed by atoms with Crippen molar-refractivity contribution in [3.05, 3.63) is 0 Å². The van der Waals surface area contributed by atoms with Crippen LogP contribution in [0.4, 0.5) is 17.6 Å². The van der Waals surface area contributed by atoms with E-state index >= 15 is 0 Å². The Labute approximate surface area is 62.2 Å². The molecule has 0 bridgehead atoms. The highest BCUT2D eigenvalue weighted by Crippen LogP contribution is 2.42. The lowest BCUT2D eigenvalue weighted by Crippen LogP contribution is -2.28. The summed E-state index contributed by atoms with van der Waals surface area (Å²) in [5, 5.41) is 0. The summed E-state index contributed by atoms with van der Waals surface area (Å²) in [6, 6.07) is 0. The fourth-order valence-electron chi connectivity index (χ4n) is 0. The van der Waals surface area contributed by atoms with Crippen LogP contribution in [-0.2, 0) is 0 Å². The minimum atomic E-state index is -4.88. The Morgan fingerprint density at radius 2 is 1.25 bits per heavy atom. The standard InChI is InChI=1S/C2HF4IS/c3-1(4,5)2(6,7)8/h8H. The van der Waals surface area contributed by atoms with Gasteiger partial charge in [0.15, 0.2) is 0 Å². The van der Waals surface area contributed by atoms with Gasteiger partial charge in [-0.15, -0.1) is 12.6 Å². The van der Waals surface area contributed by atoms with Gasteiger partial charge in [0.1, 0.15) is 0 Å². The van der Waals surface area contributed by atoms with Gasteiger partial charge in [0.25, 0.3) is 3.01 Å². The molecule has 0 heterocycles. The maximum Gasteiger partial charge on any atom is 0.441 e. The fourth-order valence-corrected chi connectivity index (χ4v) is 0. The molecule has 0 nitrogen and oxygen atoms in total. The SMILES string of the molecule is FC(F)(F)C(F)(S)I. The third kappa shape index (κ3) is 2.38. The van der Waals surface area contributed by atoms with Crippen LogP contribution in [0.2, 0.25) is 0 Å². The predicted octanol–water partition coefficient (Wildman–Crippen LogP) is 2.54. The van der Waals surface area contributed by atoms with Gasteiger partial charge in [-0.1, -0.05) is 0 Å². The minimum absolute atomic E-state index is 0.556. The molecule has 0 aromatic carbocycles. The second-order valence-corrected chi connectivity index (χ2v) is 4.00. The van der Waals surface area contributed by atoms with E-state index in [4.69, 9.17) is 0 Å². The van der Waals surface area contributed by atoms with Crippen LogP contribution in [0.15, 0.2) is 0 Å². The van der Waals surface area contributed by atoms with Gasteiger partial charge in [0, 0.05) is 0 Å². The molecule has 6 heteroatoms. The zero-order valence-corrected chi connectivity index (χ0v) is 6.39. The highest BCUT2D eigenvalue weighted by atomic mass is 127. The number of thiol groups is 1. The third-order valence-electron chi connectivity index (χ3n) is 0.341. The molecular weight excluding hydrogens is 259 g/mol. The second kappa shape index (κ2) is 2.20. The first-order chi connectivity index (χ1) is 3.25. The van der Waals surface area contributed by atoms with Crippen molar-refractivity contribution in [2.45, 2.75) is 9.18 Å². The van der Waals surface area contributed by atoms with E-state index in [0.29, 0.717) is 22.6 Å². The lowest BCUT2D eigenvalue weighted by molar-refractivity contribution is -0.159. The topological polar surface area (TPSA) is 0 Å². The van der Waals surface area contributed by atoms with Crippen LogP contribution in [0.1, 0.15) is 0 Å². The van der Waals surface area contributed by atoms with Gasteiger partial charge in [-0.3, -0.25) is 0 Å². The van der Waals surface area contributed by atoms with Crippen molar-refractivity contribution in [3.8, 4) is 0 Å². The molecule has 8 heavy (non-hydrogen) atoms. The Kier molecular flexibility index (Phi) is 2.42. The third-order valence-corrected chi connectivity index (χ3v) is 1.21. The largest absolute Gasteiger partial charge is 0.441 e. The molecule has 1 unspecified atom stereocenters. The van der Waals surface area contributed by atoms with Crippen molar-refractivity contribution in [1.29, 1.82) is 0 Å². The van der Waals surface area contributed by atoms with Crippen LogP contribution in [0, 0.1) is 0 Å². The van der Waals surface area contributed by atoms with Gasteiger partial charge in [0.2, 0.25) is 0 Å². The number of hydrogen-bond acceptors (Lipinski definition) is 1. The van der Waals surface area contributed by atoms with Gasteiger partial charge >= 0.3 is 6.18 Å². The summed E-state index contributed by atoms with van der Waals surface area (Å²) < 4.78 is 41.5. The Morgan fingerprint density at radius 1 is 1.12 bits per heavy atom. The van der Waals surface area contributed by atoms with Crippen LogP contribution in [0.25, 0.3) is 0 Å². The van der Waals surface area contributed by atoms with Crippen molar-refractivity contribution >= 4 is 35.2 Å². The number of rotatable bonds is 0. The van der Waals surface area contributed by atoms with Crippen LogP contribution in [0.5, 0.6) is 0 Å². The molecule has 0 aliphatic carbocycles. The van der Waals surface area contributed by atoms with Crippen molar-refractivity contribution in [3.63, 3.8) is 0 Å². The van der Waals surface area contributed by atoms with E-state index in [1.165, 1.54) is 0 Å². The van der Waals surface area contributed by atoms with Gasteiger partial charge in [-0.2, -0.15) is 13.2 Å². The second-order valence-electron chi connectivity index (χ2n) is 1.04. The maximum absolute atomic E-state index is 11.6. The number of halogens is 5. The molecule has 0 fully saturated rings. The van der Waals surface area contributed by atoms with Gasteiger partial charge in [0.05, 0.1) is 0 Å². The Morgan fingerprint density at radius 3 is 1.25 bits per heavy atom. The summed E-state index contributed by atoms with van der Waals surface area (Å²) >= 11 is 3.19. The fraction of sp³-hybridized carbons (Fsp3) is 1.00. The minimum Gasteiger partial charge on any atom is -0.210 e. The van der Waals surface area contributed by atoms with Gasteiger partial charge < -0.3 is 0 Å². The lowest BCUT2D eigenvalue weighted by Gasteiger charge is -2.14. The quantitative estimate of drug-likeness (QED) is 0.294. The molecule has 0 aliphatic rings. The summed E-state index contributed by atoms with van der Waals surface area (Å²) in [7, 11) is 0. The van der Waals surface area contributed by atoms with Crippen LogP contribution >= 0.6 is 35.2 Å². The zero-order chi connectivity index (χ0) is 7.00. The lowest BCUT2D eigenvalue weighted by atomic mass is 10.7. The Hall–Kier alpha value is 0.800. The Bertz CT molecular complexity index is 69.0. The molecular formula is C2HF4IS. The van der Waals surface area contributed by atoms with E-state index in [2.05, 4.69) is 12.6 Å². The normalized spacial score (nSPS) is 20.2. The van der Waals surface area contributed by atoms with E-state index < -0.39 is 9.18 Å². The zero-order valence-electron chi connectivity index (χ0n) is 3.34. The van der Waals surface area contributed by atoms with Crippen molar-refractivity contribution in [2.24, 2.45) is 0 Å². The molecule has 0 radical (unpaired) electrons. The average molecular weight is 260 g/mol. The first-order valence-corrected chi connectivity index (χ1v) is 2.94. The average Bonchev–Trinajstić information content (AvgIpc) is 1.25. The molecule has 0 aromatic rings. The van der Waals surface area contributed by atoms with Crippen molar-refractivity contribution in [1.82, 2.24) is 0 Å². The number of hydrogen-bond donors (Lipinski definition) is 1. The van der Waals surface area contributed by atoms with E-state index in [-0.39, 0.29) is 0 Å².